The van der Waals surface area contributed by atoms with Crippen LogP contribution in [-0.4, -0.2) is 7.11 Å². The van der Waals surface area contributed by atoms with Crippen molar-refractivity contribution in [3.8, 4) is 5.75 Å². The van der Waals surface area contributed by atoms with Gasteiger partial charge in [-0.2, -0.15) is 0 Å². The molecule has 0 N–H and O–H groups in total. The normalized spacial score (nSPS) is 12.6. The Morgan fingerprint density at radius 3 is 2.55 bits per heavy atom. The smallest absolute Gasteiger partial charge is 0.173 e. The summed E-state index contributed by atoms with van der Waals surface area (Å²) < 4.78 is 11.1. The van der Waals surface area contributed by atoms with Crippen LogP contribution in [0.25, 0.3) is 10.8 Å². The molecule has 1 heterocycles. The molecule has 4 heteroatoms. The maximum absolute atomic E-state index is 6.52. The molecule has 1 unspecified atom stereocenters. The Morgan fingerprint density at radius 2 is 1.85 bits per heavy atom. The van der Waals surface area contributed by atoms with Gasteiger partial charge in [-0.3, -0.25) is 0 Å². The first-order chi connectivity index (χ1) is 9.69. The van der Waals surface area contributed by atoms with Crippen LogP contribution in [-0.2, 0) is 0 Å². The first kappa shape index (κ1) is 13.5. The van der Waals surface area contributed by atoms with Crippen molar-refractivity contribution < 1.29 is 9.15 Å². The molecule has 0 spiro atoms. The third kappa shape index (κ3) is 2.43. The van der Waals surface area contributed by atoms with Gasteiger partial charge in [-0.05, 0) is 56.5 Å². The van der Waals surface area contributed by atoms with Gasteiger partial charge in [0.15, 0.2) is 4.67 Å². The van der Waals surface area contributed by atoms with Gasteiger partial charge >= 0.3 is 0 Å². The maximum atomic E-state index is 6.52. The van der Waals surface area contributed by atoms with Gasteiger partial charge in [0.05, 0.1) is 18.8 Å². The molecule has 2 aromatic carbocycles. The van der Waals surface area contributed by atoms with Crippen molar-refractivity contribution in [3.63, 3.8) is 0 Å². The van der Waals surface area contributed by atoms with E-state index in [-0.39, 0.29) is 5.38 Å². The van der Waals surface area contributed by atoms with Crippen LogP contribution in [0.3, 0.4) is 0 Å². The molecule has 0 aliphatic carbocycles. The Balaban J connectivity index is 2.03. The second-order valence-corrected chi connectivity index (χ2v) is 5.64. The molecule has 0 fully saturated rings. The summed E-state index contributed by atoms with van der Waals surface area (Å²) >= 11 is 9.89. The minimum atomic E-state index is -0.241. The summed E-state index contributed by atoms with van der Waals surface area (Å²) in [5.41, 5.74) is 1.96. The zero-order valence-electron chi connectivity index (χ0n) is 10.8. The summed E-state index contributed by atoms with van der Waals surface area (Å²) in [6.45, 7) is 0. The molecule has 0 saturated heterocycles. The van der Waals surface area contributed by atoms with Crippen LogP contribution in [0.5, 0.6) is 5.75 Å². The molecule has 0 saturated carbocycles. The van der Waals surface area contributed by atoms with Crippen molar-refractivity contribution in [1.82, 2.24) is 0 Å². The second-order valence-electron chi connectivity index (χ2n) is 4.48. The van der Waals surface area contributed by atoms with Crippen molar-refractivity contribution >= 4 is 38.3 Å². The molecule has 3 aromatic rings. The predicted octanol–water partition coefficient (Wildman–Crippen LogP) is 5.53. The monoisotopic (exact) mass is 350 g/mol. The summed E-state index contributed by atoms with van der Waals surface area (Å²) in [4.78, 5) is 0. The lowest BCUT2D eigenvalue weighted by molar-refractivity contribution is 0.415. The second kappa shape index (κ2) is 5.51. The summed E-state index contributed by atoms with van der Waals surface area (Å²) in [7, 11) is 1.67. The molecule has 1 aromatic heterocycles. The molecule has 0 aliphatic rings. The van der Waals surface area contributed by atoms with Crippen LogP contribution in [0.15, 0.2) is 57.8 Å². The molecular weight excluding hydrogens is 340 g/mol. The quantitative estimate of drug-likeness (QED) is 0.579. The lowest BCUT2D eigenvalue weighted by Crippen LogP contribution is -1.92. The lowest BCUT2D eigenvalue weighted by Gasteiger charge is -2.10. The molecule has 0 amide bonds. The van der Waals surface area contributed by atoms with Crippen LogP contribution >= 0.6 is 27.5 Å². The Bertz CT molecular complexity index is 751. The highest BCUT2D eigenvalue weighted by Crippen LogP contribution is 2.35. The number of alkyl halides is 1. The summed E-state index contributed by atoms with van der Waals surface area (Å²) in [5.74, 6) is 0.852. The summed E-state index contributed by atoms with van der Waals surface area (Å²) in [6.07, 6.45) is 1.63. The van der Waals surface area contributed by atoms with Gasteiger partial charge in [0, 0.05) is 5.56 Å². The molecule has 0 bridgehead atoms. The van der Waals surface area contributed by atoms with Crippen molar-refractivity contribution in [2.24, 2.45) is 0 Å². The number of ether oxygens (including phenoxy) is 1. The molecule has 1 atom stereocenters. The van der Waals surface area contributed by atoms with Crippen molar-refractivity contribution in [3.05, 3.63) is 64.5 Å². The summed E-state index contributed by atoms with van der Waals surface area (Å²) in [6, 6.07) is 14.0. The highest BCUT2D eigenvalue weighted by atomic mass is 79.9. The number of halogens is 2. The number of fused-ring (bicyclic) bond motifs is 1. The first-order valence-electron chi connectivity index (χ1n) is 6.13. The van der Waals surface area contributed by atoms with E-state index in [9.17, 15) is 0 Å². The van der Waals surface area contributed by atoms with E-state index in [0.717, 1.165) is 27.6 Å². The largest absolute Gasteiger partial charge is 0.497 e. The molecule has 0 aliphatic heterocycles. The van der Waals surface area contributed by atoms with Crippen molar-refractivity contribution in [2.75, 3.05) is 7.11 Å². The number of furan rings is 1. The molecule has 102 valence electrons. The van der Waals surface area contributed by atoms with Gasteiger partial charge in [-0.25, -0.2) is 0 Å². The Morgan fingerprint density at radius 1 is 1.10 bits per heavy atom. The highest BCUT2D eigenvalue weighted by molar-refractivity contribution is 9.10. The van der Waals surface area contributed by atoms with E-state index in [0.29, 0.717) is 4.67 Å². The Hall–Kier alpha value is -1.45. The van der Waals surface area contributed by atoms with E-state index >= 15 is 0 Å². The van der Waals surface area contributed by atoms with Gasteiger partial charge < -0.3 is 9.15 Å². The van der Waals surface area contributed by atoms with Gasteiger partial charge in [0.2, 0.25) is 0 Å². The van der Waals surface area contributed by atoms with E-state index in [1.165, 1.54) is 0 Å². The fourth-order valence-electron chi connectivity index (χ4n) is 2.19. The first-order valence-corrected chi connectivity index (χ1v) is 7.36. The van der Waals surface area contributed by atoms with Gasteiger partial charge in [-0.1, -0.05) is 18.2 Å². The SMILES string of the molecule is COc1ccc2cc(C(Cl)c3ccoc3Br)ccc2c1. The van der Waals surface area contributed by atoms with Crippen molar-refractivity contribution in [1.29, 1.82) is 0 Å². The molecule has 20 heavy (non-hydrogen) atoms. The number of hydrogen-bond acceptors (Lipinski definition) is 2. The van der Waals surface area contributed by atoms with Gasteiger partial charge in [0.25, 0.3) is 0 Å². The van der Waals surface area contributed by atoms with Gasteiger partial charge in [-0.15, -0.1) is 11.6 Å². The number of benzene rings is 2. The van der Waals surface area contributed by atoms with Crippen LogP contribution in [0.1, 0.15) is 16.5 Å². The maximum Gasteiger partial charge on any atom is 0.173 e. The Kier molecular flexibility index (Phi) is 3.72. The van der Waals surface area contributed by atoms with Crippen LogP contribution in [0.4, 0.5) is 0 Å². The average Bonchev–Trinajstić information content (AvgIpc) is 2.91. The fourth-order valence-corrected chi connectivity index (χ4v) is 3.10. The van der Waals surface area contributed by atoms with E-state index in [1.807, 2.05) is 30.3 Å². The summed E-state index contributed by atoms with van der Waals surface area (Å²) in [5, 5.41) is 2.02. The molecule has 0 radical (unpaired) electrons. The Labute approximate surface area is 130 Å². The lowest BCUT2D eigenvalue weighted by atomic mass is 10.0. The zero-order chi connectivity index (χ0) is 14.1. The fraction of sp³-hybridized carbons (Fsp3) is 0.125. The molecular formula is C16H12BrClO2. The molecule has 3 rings (SSSR count). The molecule has 2 nitrogen and oxygen atoms in total. The van der Waals surface area contributed by atoms with Crippen LogP contribution in [0, 0.1) is 0 Å². The van der Waals surface area contributed by atoms with E-state index in [1.54, 1.807) is 13.4 Å². The zero-order valence-corrected chi connectivity index (χ0v) is 13.1. The van der Waals surface area contributed by atoms with Crippen molar-refractivity contribution in [2.45, 2.75) is 5.38 Å². The third-order valence-corrected chi connectivity index (χ3v) is 4.42. The minimum absolute atomic E-state index is 0.241. The minimum Gasteiger partial charge on any atom is -0.497 e. The van der Waals surface area contributed by atoms with Gasteiger partial charge in [0.1, 0.15) is 5.75 Å². The average molecular weight is 352 g/mol. The van der Waals surface area contributed by atoms with E-state index in [4.69, 9.17) is 20.8 Å². The van der Waals surface area contributed by atoms with Crippen LogP contribution in [0.2, 0.25) is 0 Å². The predicted molar refractivity (Wildman–Crippen MR) is 84.6 cm³/mol. The number of rotatable bonds is 3. The third-order valence-electron chi connectivity index (χ3n) is 3.28. The van der Waals surface area contributed by atoms with E-state index < -0.39 is 0 Å². The highest BCUT2D eigenvalue weighted by Gasteiger charge is 2.16. The number of hydrogen-bond donors (Lipinski definition) is 0. The number of methoxy groups -OCH3 is 1. The standard InChI is InChI=1S/C16H12BrClO2/c1-19-13-5-4-10-8-12(3-2-11(10)9-13)15(18)14-6-7-20-16(14)17/h2-9,15H,1H3. The van der Waals surface area contributed by atoms with Crippen LogP contribution < -0.4 is 4.74 Å². The topological polar surface area (TPSA) is 22.4 Å². The van der Waals surface area contributed by atoms with E-state index in [2.05, 4.69) is 28.1 Å².